The standard InChI is InChI=1S/C60H40N2O/c1-4-19-41(20-5-1)47-27-10-11-30-53(47)59-48(42-21-6-2-7-22-42)31-18-35-56(59)61(45-26-16-23-43(39-45)49-32-17-33-54-52-29-13-15-36-58(52)63-60(49)54)46-37-38-51-50-28-12-14-34-55(50)62(57(51)40-46)44-24-8-3-9-25-44/h1-40H. The van der Waals surface area contributed by atoms with Crippen molar-refractivity contribution in [2.45, 2.75) is 0 Å². The lowest BCUT2D eigenvalue weighted by molar-refractivity contribution is 0.670. The van der Waals surface area contributed by atoms with E-state index in [0.717, 1.165) is 83.6 Å². The minimum absolute atomic E-state index is 0.888. The van der Waals surface area contributed by atoms with Crippen molar-refractivity contribution < 1.29 is 4.42 Å². The number of para-hydroxylation sites is 4. The van der Waals surface area contributed by atoms with Gasteiger partial charge in [-0.15, -0.1) is 0 Å². The number of benzene rings is 10. The molecule has 12 rings (SSSR count). The van der Waals surface area contributed by atoms with Gasteiger partial charge in [-0.25, -0.2) is 0 Å². The number of furan rings is 1. The Morgan fingerprint density at radius 1 is 0.333 bits per heavy atom. The van der Waals surface area contributed by atoms with E-state index >= 15 is 0 Å². The zero-order valence-corrected chi connectivity index (χ0v) is 34.4. The third-order valence-electron chi connectivity index (χ3n) is 12.4. The lowest BCUT2D eigenvalue weighted by Crippen LogP contribution is -2.12. The first-order valence-corrected chi connectivity index (χ1v) is 21.5. The molecule has 0 saturated carbocycles. The average Bonchev–Trinajstić information content (AvgIpc) is 3.91. The molecule has 0 bridgehead atoms. The van der Waals surface area contributed by atoms with E-state index in [2.05, 4.69) is 246 Å². The minimum atomic E-state index is 0.888. The quantitative estimate of drug-likeness (QED) is 0.153. The Kier molecular flexibility index (Phi) is 8.83. The lowest BCUT2D eigenvalue weighted by atomic mass is 9.87. The predicted octanol–water partition coefficient (Wildman–Crippen LogP) is 16.8. The van der Waals surface area contributed by atoms with Crippen LogP contribution in [0.1, 0.15) is 0 Å². The van der Waals surface area contributed by atoms with Crippen molar-refractivity contribution in [3.05, 3.63) is 243 Å². The van der Waals surface area contributed by atoms with Gasteiger partial charge in [-0.1, -0.05) is 188 Å². The van der Waals surface area contributed by atoms with Gasteiger partial charge in [0.1, 0.15) is 11.2 Å². The molecule has 10 aromatic carbocycles. The lowest BCUT2D eigenvalue weighted by Gasteiger charge is -2.30. The van der Waals surface area contributed by atoms with Crippen LogP contribution in [0.25, 0.3) is 93.9 Å². The summed E-state index contributed by atoms with van der Waals surface area (Å²) in [6, 6.07) is 87.2. The Hall–Kier alpha value is -8.40. The van der Waals surface area contributed by atoms with E-state index < -0.39 is 0 Å². The number of nitrogens with zero attached hydrogens (tertiary/aromatic N) is 2. The number of hydrogen-bond acceptors (Lipinski definition) is 2. The normalized spacial score (nSPS) is 11.5. The highest BCUT2D eigenvalue weighted by atomic mass is 16.3. The molecule has 296 valence electrons. The van der Waals surface area contributed by atoms with Gasteiger partial charge in [-0.05, 0) is 88.0 Å². The molecule has 0 atom stereocenters. The second-order valence-electron chi connectivity index (χ2n) is 16.0. The van der Waals surface area contributed by atoms with E-state index in [1.54, 1.807) is 0 Å². The maximum atomic E-state index is 6.62. The van der Waals surface area contributed by atoms with Crippen molar-refractivity contribution in [2.24, 2.45) is 0 Å². The fourth-order valence-corrected chi connectivity index (χ4v) is 9.61. The number of rotatable bonds is 8. The summed E-state index contributed by atoms with van der Waals surface area (Å²) in [6.45, 7) is 0. The van der Waals surface area contributed by atoms with Gasteiger partial charge in [0.2, 0.25) is 0 Å². The van der Waals surface area contributed by atoms with Gasteiger partial charge in [-0.2, -0.15) is 0 Å². The van der Waals surface area contributed by atoms with Gasteiger partial charge in [-0.3, -0.25) is 0 Å². The summed E-state index contributed by atoms with van der Waals surface area (Å²) in [4.78, 5) is 2.46. The molecule has 12 aromatic rings. The summed E-state index contributed by atoms with van der Waals surface area (Å²) in [5.41, 5.74) is 17.5. The molecule has 0 N–H and O–H groups in total. The van der Waals surface area contributed by atoms with Gasteiger partial charge in [0, 0.05) is 49.7 Å². The molecule has 0 saturated heterocycles. The molecule has 0 aliphatic heterocycles. The Morgan fingerprint density at radius 2 is 0.889 bits per heavy atom. The molecule has 2 heterocycles. The summed E-state index contributed by atoms with van der Waals surface area (Å²) in [5, 5.41) is 4.66. The number of aromatic nitrogens is 1. The van der Waals surface area contributed by atoms with Crippen LogP contribution >= 0.6 is 0 Å². The predicted molar refractivity (Wildman–Crippen MR) is 264 cm³/mol. The van der Waals surface area contributed by atoms with E-state index in [0.29, 0.717) is 0 Å². The van der Waals surface area contributed by atoms with Crippen LogP contribution in [-0.4, -0.2) is 4.57 Å². The zero-order chi connectivity index (χ0) is 41.7. The minimum Gasteiger partial charge on any atom is -0.455 e. The number of anilines is 3. The first kappa shape index (κ1) is 36.5. The largest absolute Gasteiger partial charge is 0.455 e. The van der Waals surface area contributed by atoms with Crippen molar-refractivity contribution in [1.82, 2.24) is 4.57 Å². The van der Waals surface area contributed by atoms with Crippen LogP contribution in [0.4, 0.5) is 17.1 Å². The zero-order valence-electron chi connectivity index (χ0n) is 34.4. The topological polar surface area (TPSA) is 21.3 Å². The van der Waals surface area contributed by atoms with E-state index in [-0.39, 0.29) is 0 Å². The van der Waals surface area contributed by atoms with Crippen molar-refractivity contribution in [3.63, 3.8) is 0 Å². The maximum Gasteiger partial charge on any atom is 0.143 e. The van der Waals surface area contributed by atoms with Crippen molar-refractivity contribution in [2.75, 3.05) is 4.90 Å². The molecule has 63 heavy (non-hydrogen) atoms. The third-order valence-corrected chi connectivity index (χ3v) is 12.4. The van der Waals surface area contributed by atoms with Crippen LogP contribution in [0, 0.1) is 0 Å². The van der Waals surface area contributed by atoms with E-state index in [1.165, 1.54) is 27.4 Å². The smallest absolute Gasteiger partial charge is 0.143 e. The molecule has 3 heteroatoms. The highest BCUT2D eigenvalue weighted by molar-refractivity contribution is 6.12. The summed E-state index contributed by atoms with van der Waals surface area (Å²) >= 11 is 0. The van der Waals surface area contributed by atoms with Gasteiger partial charge < -0.3 is 13.9 Å². The molecule has 0 fully saturated rings. The van der Waals surface area contributed by atoms with Crippen molar-refractivity contribution >= 4 is 60.8 Å². The van der Waals surface area contributed by atoms with E-state index in [4.69, 9.17) is 4.42 Å². The molecule has 0 radical (unpaired) electrons. The fourth-order valence-electron chi connectivity index (χ4n) is 9.61. The van der Waals surface area contributed by atoms with Gasteiger partial charge in [0.15, 0.2) is 0 Å². The van der Waals surface area contributed by atoms with Crippen LogP contribution < -0.4 is 4.90 Å². The number of fused-ring (bicyclic) bond motifs is 6. The summed E-state index contributed by atoms with van der Waals surface area (Å²) in [6.07, 6.45) is 0. The summed E-state index contributed by atoms with van der Waals surface area (Å²) in [7, 11) is 0. The third kappa shape index (κ3) is 6.21. The van der Waals surface area contributed by atoms with Gasteiger partial charge >= 0.3 is 0 Å². The van der Waals surface area contributed by atoms with Crippen LogP contribution in [0.2, 0.25) is 0 Å². The van der Waals surface area contributed by atoms with Crippen molar-refractivity contribution in [3.8, 4) is 50.2 Å². The maximum absolute atomic E-state index is 6.62. The Bertz CT molecular complexity index is 3620. The highest BCUT2D eigenvalue weighted by Gasteiger charge is 2.25. The first-order valence-electron chi connectivity index (χ1n) is 21.5. The van der Waals surface area contributed by atoms with Crippen LogP contribution in [0.5, 0.6) is 0 Å². The molecular formula is C60H40N2O. The average molecular weight is 805 g/mol. The molecule has 0 aliphatic carbocycles. The monoisotopic (exact) mass is 804 g/mol. The molecule has 3 nitrogen and oxygen atoms in total. The molecular weight excluding hydrogens is 765 g/mol. The van der Waals surface area contributed by atoms with Crippen LogP contribution in [-0.2, 0) is 0 Å². The van der Waals surface area contributed by atoms with Crippen LogP contribution in [0.3, 0.4) is 0 Å². The Balaban J connectivity index is 1.16. The molecule has 0 spiro atoms. The summed E-state index contributed by atoms with van der Waals surface area (Å²) in [5.74, 6) is 0. The van der Waals surface area contributed by atoms with E-state index in [9.17, 15) is 0 Å². The Morgan fingerprint density at radius 3 is 1.70 bits per heavy atom. The molecule has 0 unspecified atom stereocenters. The second-order valence-corrected chi connectivity index (χ2v) is 16.0. The second kappa shape index (κ2) is 15.3. The fraction of sp³-hybridized carbons (Fsp3) is 0. The molecule has 0 aliphatic rings. The summed E-state index contributed by atoms with van der Waals surface area (Å²) < 4.78 is 9.02. The first-order chi connectivity index (χ1) is 31.3. The van der Waals surface area contributed by atoms with Crippen LogP contribution in [0.15, 0.2) is 247 Å². The van der Waals surface area contributed by atoms with Gasteiger partial charge in [0.25, 0.3) is 0 Å². The van der Waals surface area contributed by atoms with Crippen molar-refractivity contribution in [1.29, 1.82) is 0 Å². The SMILES string of the molecule is c1ccc(-c2ccccc2-c2c(-c3ccccc3)cccc2N(c2cccc(-c3cccc4c3oc3ccccc34)c2)c2ccc3c4ccccc4n(-c4ccccc4)c3c2)cc1. The molecule has 0 amide bonds. The Labute approximate surface area is 366 Å². The highest BCUT2D eigenvalue weighted by Crippen LogP contribution is 2.49. The number of hydrogen-bond donors (Lipinski definition) is 0. The van der Waals surface area contributed by atoms with E-state index in [1.807, 2.05) is 6.07 Å². The van der Waals surface area contributed by atoms with Gasteiger partial charge in [0.05, 0.1) is 16.7 Å². The molecule has 2 aromatic heterocycles.